The van der Waals surface area contributed by atoms with Crippen LogP contribution in [0.25, 0.3) is 4.96 Å². The summed E-state index contributed by atoms with van der Waals surface area (Å²) in [5.41, 5.74) is 4.37. The molecule has 2 aromatic heterocycles. The van der Waals surface area contributed by atoms with Gasteiger partial charge in [-0.05, 0) is 31.9 Å². The fraction of sp³-hybridized carbons (Fsp3) is 0.294. The molecule has 22 heavy (non-hydrogen) atoms. The number of aromatic nitrogens is 2. The molecule has 1 atom stereocenters. The molecule has 0 saturated heterocycles. The Balaban J connectivity index is 1.68. The van der Waals surface area contributed by atoms with Gasteiger partial charge in [0.2, 0.25) is 5.91 Å². The minimum absolute atomic E-state index is 0.000779. The van der Waals surface area contributed by atoms with Gasteiger partial charge in [0.05, 0.1) is 18.2 Å². The van der Waals surface area contributed by atoms with E-state index < -0.39 is 0 Å². The fourth-order valence-corrected chi connectivity index (χ4v) is 3.34. The maximum absolute atomic E-state index is 12.2. The molecular formula is C17H19N3OS. The van der Waals surface area contributed by atoms with E-state index in [1.165, 1.54) is 16.7 Å². The summed E-state index contributed by atoms with van der Waals surface area (Å²) in [5.74, 6) is -0.000779. The van der Waals surface area contributed by atoms with Crippen LogP contribution in [0, 0.1) is 13.8 Å². The molecule has 0 aliphatic heterocycles. The van der Waals surface area contributed by atoms with Gasteiger partial charge in [-0.3, -0.25) is 9.20 Å². The molecule has 3 aromatic rings. The van der Waals surface area contributed by atoms with Crippen molar-refractivity contribution >= 4 is 22.2 Å². The Kier molecular flexibility index (Phi) is 3.98. The summed E-state index contributed by atoms with van der Waals surface area (Å²) in [7, 11) is 0. The van der Waals surface area contributed by atoms with Gasteiger partial charge in [-0.2, -0.15) is 0 Å². The summed E-state index contributed by atoms with van der Waals surface area (Å²) in [6, 6.07) is 6.31. The summed E-state index contributed by atoms with van der Waals surface area (Å²) in [6.45, 7) is 6.15. The van der Waals surface area contributed by atoms with Crippen LogP contribution >= 0.6 is 11.3 Å². The van der Waals surface area contributed by atoms with Gasteiger partial charge < -0.3 is 5.32 Å². The molecule has 1 amide bonds. The van der Waals surface area contributed by atoms with E-state index in [-0.39, 0.29) is 11.9 Å². The molecule has 0 fully saturated rings. The van der Waals surface area contributed by atoms with E-state index in [2.05, 4.69) is 42.3 Å². The second-order valence-electron chi connectivity index (χ2n) is 5.65. The number of thiazole rings is 1. The third kappa shape index (κ3) is 3.04. The van der Waals surface area contributed by atoms with Crippen LogP contribution in [0.2, 0.25) is 0 Å². The van der Waals surface area contributed by atoms with Gasteiger partial charge in [0.15, 0.2) is 4.96 Å². The highest BCUT2D eigenvalue weighted by molar-refractivity contribution is 7.15. The number of imidazole rings is 1. The SMILES string of the molecule is Cc1ccc(C)c(C(C)NC(=O)Cc2cn3ccsc3n2)c1. The minimum atomic E-state index is -0.00358. The number of nitrogens with one attached hydrogen (secondary N) is 1. The molecule has 1 N–H and O–H groups in total. The molecule has 2 heterocycles. The van der Waals surface area contributed by atoms with Crippen molar-refractivity contribution in [3.63, 3.8) is 0 Å². The first-order valence-corrected chi connectivity index (χ1v) is 8.18. The molecule has 0 saturated carbocycles. The van der Waals surface area contributed by atoms with Gasteiger partial charge >= 0.3 is 0 Å². The standard InChI is InChI=1S/C17H19N3OS/c1-11-4-5-12(2)15(8-11)13(3)18-16(21)9-14-10-20-6-7-22-17(20)19-14/h4-8,10,13H,9H2,1-3H3,(H,18,21). The number of hydrogen-bond donors (Lipinski definition) is 1. The van der Waals surface area contributed by atoms with Gasteiger partial charge in [-0.15, -0.1) is 11.3 Å². The molecule has 1 aromatic carbocycles. The number of benzene rings is 1. The molecule has 0 spiro atoms. The van der Waals surface area contributed by atoms with Crippen molar-refractivity contribution in [3.05, 3.63) is 58.4 Å². The van der Waals surface area contributed by atoms with Crippen LogP contribution in [-0.2, 0) is 11.2 Å². The molecule has 5 heteroatoms. The predicted molar refractivity (Wildman–Crippen MR) is 89.2 cm³/mol. The normalized spacial score (nSPS) is 12.5. The van der Waals surface area contributed by atoms with E-state index in [9.17, 15) is 4.79 Å². The topological polar surface area (TPSA) is 46.4 Å². The van der Waals surface area contributed by atoms with Crippen molar-refractivity contribution in [2.45, 2.75) is 33.2 Å². The molecule has 4 nitrogen and oxygen atoms in total. The lowest BCUT2D eigenvalue weighted by Gasteiger charge is -2.17. The van der Waals surface area contributed by atoms with Crippen LogP contribution in [0.15, 0.2) is 36.0 Å². The number of carbonyl (C=O) groups excluding carboxylic acids is 1. The number of nitrogens with zero attached hydrogens (tertiary/aromatic N) is 2. The number of amides is 1. The average molecular weight is 313 g/mol. The zero-order valence-corrected chi connectivity index (χ0v) is 13.8. The minimum Gasteiger partial charge on any atom is -0.349 e. The quantitative estimate of drug-likeness (QED) is 0.802. The smallest absolute Gasteiger partial charge is 0.226 e. The first-order valence-electron chi connectivity index (χ1n) is 7.30. The van der Waals surface area contributed by atoms with E-state index in [0.29, 0.717) is 6.42 Å². The zero-order chi connectivity index (χ0) is 15.7. The Morgan fingerprint density at radius 3 is 3.00 bits per heavy atom. The van der Waals surface area contributed by atoms with Crippen molar-refractivity contribution in [1.29, 1.82) is 0 Å². The Labute approximate surface area is 133 Å². The second kappa shape index (κ2) is 5.93. The number of rotatable bonds is 4. The highest BCUT2D eigenvalue weighted by atomic mass is 32.1. The average Bonchev–Trinajstić information content (AvgIpc) is 3.02. The summed E-state index contributed by atoms with van der Waals surface area (Å²) in [4.78, 5) is 17.6. The largest absolute Gasteiger partial charge is 0.349 e. The highest BCUT2D eigenvalue weighted by Crippen LogP contribution is 2.19. The first-order chi connectivity index (χ1) is 10.5. The van der Waals surface area contributed by atoms with E-state index in [0.717, 1.165) is 10.7 Å². The third-order valence-corrected chi connectivity index (χ3v) is 4.53. The van der Waals surface area contributed by atoms with Gasteiger partial charge in [-0.25, -0.2) is 4.98 Å². The molecule has 3 rings (SSSR count). The number of fused-ring (bicyclic) bond motifs is 1. The number of hydrogen-bond acceptors (Lipinski definition) is 3. The molecule has 1 unspecified atom stereocenters. The molecule has 0 aliphatic carbocycles. The summed E-state index contributed by atoms with van der Waals surface area (Å²) in [5, 5.41) is 5.05. The van der Waals surface area contributed by atoms with Crippen molar-refractivity contribution in [2.24, 2.45) is 0 Å². The lowest BCUT2D eigenvalue weighted by molar-refractivity contribution is -0.121. The molecular weight excluding hydrogens is 294 g/mol. The van der Waals surface area contributed by atoms with Gasteiger partial charge in [0.1, 0.15) is 0 Å². The molecule has 0 aliphatic rings. The lowest BCUT2D eigenvalue weighted by Crippen LogP contribution is -2.28. The third-order valence-electron chi connectivity index (χ3n) is 3.76. The lowest BCUT2D eigenvalue weighted by atomic mass is 10.00. The maximum atomic E-state index is 12.2. The summed E-state index contributed by atoms with van der Waals surface area (Å²) in [6.07, 6.45) is 4.17. The fourth-order valence-electron chi connectivity index (χ4n) is 2.62. The highest BCUT2D eigenvalue weighted by Gasteiger charge is 2.14. The van der Waals surface area contributed by atoms with Gasteiger partial charge in [0.25, 0.3) is 0 Å². The van der Waals surface area contributed by atoms with Crippen LogP contribution in [-0.4, -0.2) is 15.3 Å². The summed E-state index contributed by atoms with van der Waals surface area (Å²) < 4.78 is 1.95. The van der Waals surface area contributed by atoms with Crippen molar-refractivity contribution < 1.29 is 4.79 Å². The monoisotopic (exact) mass is 313 g/mol. The number of aryl methyl sites for hydroxylation is 2. The van der Waals surface area contributed by atoms with Gasteiger partial charge in [-0.1, -0.05) is 23.8 Å². The van der Waals surface area contributed by atoms with E-state index >= 15 is 0 Å². The Morgan fingerprint density at radius 1 is 1.41 bits per heavy atom. The van der Waals surface area contributed by atoms with E-state index in [1.807, 2.05) is 29.1 Å². The van der Waals surface area contributed by atoms with Gasteiger partial charge in [0, 0.05) is 17.8 Å². The van der Waals surface area contributed by atoms with Crippen molar-refractivity contribution in [1.82, 2.24) is 14.7 Å². The molecule has 0 radical (unpaired) electrons. The van der Waals surface area contributed by atoms with Crippen LogP contribution in [0.1, 0.15) is 35.3 Å². The van der Waals surface area contributed by atoms with Crippen LogP contribution in [0.5, 0.6) is 0 Å². The maximum Gasteiger partial charge on any atom is 0.226 e. The predicted octanol–water partition coefficient (Wildman–Crippen LogP) is 3.43. The Morgan fingerprint density at radius 2 is 2.23 bits per heavy atom. The Bertz CT molecular complexity index is 790. The van der Waals surface area contributed by atoms with Crippen molar-refractivity contribution in [2.75, 3.05) is 0 Å². The summed E-state index contributed by atoms with van der Waals surface area (Å²) >= 11 is 1.57. The van der Waals surface area contributed by atoms with E-state index in [1.54, 1.807) is 11.3 Å². The molecule has 0 bridgehead atoms. The van der Waals surface area contributed by atoms with Crippen LogP contribution < -0.4 is 5.32 Å². The number of carbonyl (C=O) groups is 1. The first kappa shape index (κ1) is 14.8. The molecule has 114 valence electrons. The van der Waals surface area contributed by atoms with E-state index in [4.69, 9.17) is 0 Å². The Hall–Kier alpha value is -2.14. The zero-order valence-electron chi connectivity index (χ0n) is 13.0. The second-order valence-corrected chi connectivity index (χ2v) is 6.52. The van der Waals surface area contributed by atoms with Crippen LogP contribution in [0.4, 0.5) is 0 Å². The van der Waals surface area contributed by atoms with Crippen LogP contribution in [0.3, 0.4) is 0 Å². The van der Waals surface area contributed by atoms with Crippen molar-refractivity contribution in [3.8, 4) is 0 Å².